The highest BCUT2D eigenvalue weighted by Gasteiger charge is 2.23. The molecule has 2 aliphatic heterocycles. The fourth-order valence-electron chi connectivity index (χ4n) is 3.67. The zero-order valence-corrected chi connectivity index (χ0v) is 15.8. The number of amides is 1. The molecular formula is C20H26N6O. The van der Waals surface area contributed by atoms with E-state index in [9.17, 15) is 4.79 Å². The third kappa shape index (κ3) is 4.02. The Bertz CT molecular complexity index is 750. The molecule has 0 radical (unpaired) electrons. The van der Waals surface area contributed by atoms with Gasteiger partial charge >= 0.3 is 0 Å². The van der Waals surface area contributed by atoms with E-state index in [0.29, 0.717) is 17.4 Å². The molecule has 2 fully saturated rings. The summed E-state index contributed by atoms with van der Waals surface area (Å²) in [5.41, 5.74) is 0.584. The van der Waals surface area contributed by atoms with E-state index in [1.54, 1.807) is 12.4 Å². The Morgan fingerprint density at radius 2 is 1.59 bits per heavy atom. The normalized spacial score (nSPS) is 18.6. The molecule has 0 unspecified atom stereocenters. The number of piperidine rings is 1. The standard InChI is InChI=1S/C20H26N6O/c1-16-5-8-25(9-6-16)19(27)17-14-22-20(23-15-17)26-12-10-24(11-13-26)18-4-2-3-7-21-18/h2-4,7,14-16H,5-6,8-13H2,1H3. The monoisotopic (exact) mass is 366 g/mol. The highest BCUT2D eigenvalue weighted by atomic mass is 16.2. The number of likely N-dealkylation sites (tertiary alicyclic amines) is 1. The van der Waals surface area contributed by atoms with Crippen LogP contribution in [0.3, 0.4) is 0 Å². The van der Waals surface area contributed by atoms with E-state index >= 15 is 0 Å². The lowest BCUT2D eigenvalue weighted by Crippen LogP contribution is -2.47. The van der Waals surface area contributed by atoms with Crippen molar-refractivity contribution in [1.82, 2.24) is 19.9 Å². The van der Waals surface area contributed by atoms with Crippen LogP contribution in [0.1, 0.15) is 30.1 Å². The van der Waals surface area contributed by atoms with Gasteiger partial charge in [-0.3, -0.25) is 4.79 Å². The molecule has 2 aromatic rings. The molecule has 2 aliphatic rings. The van der Waals surface area contributed by atoms with Crippen molar-refractivity contribution >= 4 is 17.7 Å². The van der Waals surface area contributed by atoms with Crippen molar-refractivity contribution < 1.29 is 4.79 Å². The second-order valence-electron chi connectivity index (χ2n) is 7.41. The summed E-state index contributed by atoms with van der Waals surface area (Å²) in [5.74, 6) is 2.46. The first-order valence-corrected chi connectivity index (χ1v) is 9.73. The van der Waals surface area contributed by atoms with Crippen LogP contribution in [0.15, 0.2) is 36.8 Å². The number of pyridine rings is 1. The molecule has 7 nitrogen and oxygen atoms in total. The summed E-state index contributed by atoms with van der Waals surface area (Å²) in [4.78, 5) is 32.3. The van der Waals surface area contributed by atoms with E-state index in [1.807, 2.05) is 29.3 Å². The molecule has 4 rings (SSSR count). The SMILES string of the molecule is CC1CCN(C(=O)c2cnc(N3CCN(c4ccccn4)CC3)nc2)CC1. The van der Waals surface area contributed by atoms with Crippen molar-refractivity contribution in [2.45, 2.75) is 19.8 Å². The molecule has 0 saturated carbocycles. The van der Waals surface area contributed by atoms with E-state index in [1.165, 1.54) is 0 Å². The van der Waals surface area contributed by atoms with E-state index < -0.39 is 0 Å². The van der Waals surface area contributed by atoms with Crippen molar-refractivity contribution in [3.63, 3.8) is 0 Å². The maximum Gasteiger partial charge on any atom is 0.256 e. The van der Waals surface area contributed by atoms with Gasteiger partial charge in [-0.15, -0.1) is 0 Å². The molecule has 142 valence electrons. The number of carbonyl (C=O) groups excluding carboxylic acids is 1. The quantitative estimate of drug-likeness (QED) is 0.829. The zero-order chi connectivity index (χ0) is 18.6. The Hall–Kier alpha value is -2.70. The van der Waals surface area contributed by atoms with Crippen molar-refractivity contribution in [3.8, 4) is 0 Å². The van der Waals surface area contributed by atoms with Gasteiger partial charge in [0.1, 0.15) is 5.82 Å². The Morgan fingerprint density at radius 1 is 0.926 bits per heavy atom. The van der Waals surface area contributed by atoms with Crippen molar-refractivity contribution in [2.24, 2.45) is 5.92 Å². The Balaban J connectivity index is 1.35. The predicted octanol–water partition coefficient (Wildman–Crippen LogP) is 2.07. The second kappa shape index (κ2) is 7.90. The zero-order valence-electron chi connectivity index (χ0n) is 15.8. The van der Waals surface area contributed by atoms with E-state index in [4.69, 9.17) is 0 Å². The van der Waals surface area contributed by atoms with Crippen LogP contribution in [-0.2, 0) is 0 Å². The van der Waals surface area contributed by atoms with Crippen LogP contribution in [0.2, 0.25) is 0 Å². The van der Waals surface area contributed by atoms with Gasteiger partial charge in [0.05, 0.1) is 5.56 Å². The summed E-state index contributed by atoms with van der Waals surface area (Å²) in [6, 6.07) is 5.98. The van der Waals surface area contributed by atoms with Crippen LogP contribution in [-0.4, -0.2) is 65.0 Å². The van der Waals surface area contributed by atoms with Crippen LogP contribution in [0, 0.1) is 5.92 Å². The third-order valence-electron chi connectivity index (χ3n) is 5.49. The topological polar surface area (TPSA) is 65.5 Å². The van der Waals surface area contributed by atoms with Gasteiger partial charge in [0.2, 0.25) is 5.95 Å². The molecule has 2 aromatic heterocycles. The first-order chi connectivity index (χ1) is 13.2. The van der Waals surface area contributed by atoms with Gasteiger partial charge in [-0.25, -0.2) is 15.0 Å². The highest BCUT2D eigenvalue weighted by molar-refractivity contribution is 5.93. The summed E-state index contributed by atoms with van der Waals surface area (Å²) in [6.07, 6.45) is 7.32. The van der Waals surface area contributed by atoms with E-state index in [-0.39, 0.29) is 5.91 Å². The lowest BCUT2D eigenvalue weighted by Gasteiger charge is -2.35. The lowest BCUT2D eigenvalue weighted by molar-refractivity contribution is 0.0696. The van der Waals surface area contributed by atoms with Crippen LogP contribution in [0.4, 0.5) is 11.8 Å². The number of anilines is 2. The Morgan fingerprint density at radius 3 is 2.22 bits per heavy atom. The first-order valence-electron chi connectivity index (χ1n) is 9.73. The molecule has 0 bridgehead atoms. The first kappa shape index (κ1) is 17.7. The van der Waals surface area contributed by atoms with Gasteiger partial charge in [-0.2, -0.15) is 0 Å². The van der Waals surface area contributed by atoms with Gasteiger partial charge < -0.3 is 14.7 Å². The van der Waals surface area contributed by atoms with Crippen LogP contribution >= 0.6 is 0 Å². The number of hydrogen-bond donors (Lipinski definition) is 0. The van der Waals surface area contributed by atoms with Crippen molar-refractivity contribution in [3.05, 3.63) is 42.4 Å². The fraction of sp³-hybridized carbons (Fsp3) is 0.500. The van der Waals surface area contributed by atoms with E-state index in [0.717, 1.165) is 57.9 Å². The summed E-state index contributed by atoms with van der Waals surface area (Å²) < 4.78 is 0. The summed E-state index contributed by atoms with van der Waals surface area (Å²) in [7, 11) is 0. The largest absolute Gasteiger partial charge is 0.353 e. The van der Waals surface area contributed by atoms with Crippen LogP contribution in [0.25, 0.3) is 0 Å². The fourth-order valence-corrected chi connectivity index (χ4v) is 3.67. The molecule has 0 aliphatic carbocycles. The number of rotatable bonds is 3. The average Bonchev–Trinajstić information content (AvgIpc) is 2.75. The molecule has 0 spiro atoms. The Kier molecular flexibility index (Phi) is 5.18. The summed E-state index contributed by atoms with van der Waals surface area (Å²) in [5, 5.41) is 0. The molecule has 4 heterocycles. The molecule has 0 atom stereocenters. The van der Waals surface area contributed by atoms with Gasteiger partial charge in [-0.05, 0) is 30.9 Å². The van der Waals surface area contributed by atoms with E-state index in [2.05, 4.69) is 31.7 Å². The Labute approximate surface area is 160 Å². The smallest absolute Gasteiger partial charge is 0.256 e. The molecule has 0 N–H and O–H groups in total. The molecule has 27 heavy (non-hydrogen) atoms. The molecule has 1 amide bonds. The maximum absolute atomic E-state index is 12.6. The predicted molar refractivity (Wildman–Crippen MR) is 105 cm³/mol. The minimum absolute atomic E-state index is 0.0495. The number of carbonyl (C=O) groups is 1. The van der Waals surface area contributed by atoms with Crippen LogP contribution < -0.4 is 9.80 Å². The lowest BCUT2D eigenvalue weighted by atomic mass is 9.99. The van der Waals surface area contributed by atoms with Gasteiger partial charge in [0.15, 0.2) is 0 Å². The van der Waals surface area contributed by atoms with Gasteiger partial charge in [0.25, 0.3) is 5.91 Å². The number of piperazine rings is 1. The molecule has 0 aromatic carbocycles. The molecule has 7 heteroatoms. The minimum Gasteiger partial charge on any atom is -0.353 e. The third-order valence-corrected chi connectivity index (χ3v) is 5.49. The molecule has 2 saturated heterocycles. The summed E-state index contributed by atoms with van der Waals surface area (Å²) in [6.45, 7) is 7.35. The van der Waals surface area contributed by atoms with Gasteiger partial charge in [-0.1, -0.05) is 13.0 Å². The van der Waals surface area contributed by atoms with Gasteiger partial charge in [0, 0.05) is 57.9 Å². The van der Waals surface area contributed by atoms with Crippen LogP contribution in [0.5, 0.6) is 0 Å². The summed E-state index contributed by atoms with van der Waals surface area (Å²) >= 11 is 0. The number of hydrogen-bond acceptors (Lipinski definition) is 6. The second-order valence-corrected chi connectivity index (χ2v) is 7.41. The minimum atomic E-state index is 0.0495. The highest BCUT2D eigenvalue weighted by Crippen LogP contribution is 2.19. The van der Waals surface area contributed by atoms with Crippen molar-refractivity contribution in [1.29, 1.82) is 0 Å². The average molecular weight is 366 g/mol. The van der Waals surface area contributed by atoms with Crippen molar-refractivity contribution in [2.75, 3.05) is 49.1 Å². The molecular weight excluding hydrogens is 340 g/mol. The number of nitrogens with zero attached hydrogens (tertiary/aromatic N) is 6. The number of aromatic nitrogens is 3. The maximum atomic E-state index is 12.6.